The highest BCUT2D eigenvalue weighted by Gasteiger charge is 2.23. The highest BCUT2D eigenvalue weighted by molar-refractivity contribution is 5.94. The van der Waals surface area contributed by atoms with E-state index in [1.807, 2.05) is 60.8 Å². The Morgan fingerprint density at radius 3 is 2.28 bits per heavy atom. The number of aryl methyl sites for hydroxylation is 1. The van der Waals surface area contributed by atoms with Crippen LogP contribution in [0.3, 0.4) is 0 Å². The Morgan fingerprint density at radius 1 is 1.12 bits per heavy atom. The minimum Gasteiger partial charge on any atom is -0.491 e. The topological polar surface area (TPSA) is 50.6 Å². The lowest BCUT2D eigenvalue weighted by molar-refractivity contribution is 0.0746. The van der Waals surface area contributed by atoms with Gasteiger partial charge in [0.05, 0.1) is 6.10 Å². The SMILES string of the molecule is CC(C)Oc1ccc(C(=O)N2CCN(c3nccn3C)CC2)cc1.Cl. The molecular formula is C18H25ClN4O2. The molecule has 1 aromatic heterocycles. The van der Waals surface area contributed by atoms with Gasteiger partial charge in [0.25, 0.3) is 5.91 Å². The van der Waals surface area contributed by atoms with E-state index < -0.39 is 0 Å². The minimum atomic E-state index is 0. The van der Waals surface area contributed by atoms with Crippen LogP contribution in [0.2, 0.25) is 0 Å². The molecule has 0 atom stereocenters. The van der Waals surface area contributed by atoms with Gasteiger partial charge in [-0.25, -0.2) is 4.98 Å². The number of hydrogen-bond acceptors (Lipinski definition) is 4. The third-order valence-electron chi connectivity index (χ3n) is 4.12. The Morgan fingerprint density at radius 2 is 1.76 bits per heavy atom. The summed E-state index contributed by atoms with van der Waals surface area (Å²) in [5, 5.41) is 0. The molecule has 2 aromatic rings. The molecule has 1 aromatic carbocycles. The molecule has 25 heavy (non-hydrogen) atoms. The smallest absolute Gasteiger partial charge is 0.253 e. The fourth-order valence-electron chi connectivity index (χ4n) is 2.90. The van der Waals surface area contributed by atoms with E-state index in [1.54, 1.807) is 6.20 Å². The van der Waals surface area contributed by atoms with Gasteiger partial charge in [-0.3, -0.25) is 4.79 Å². The van der Waals surface area contributed by atoms with Crippen molar-refractivity contribution in [2.24, 2.45) is 7.05 Å². The average Bonchev–Trinajstić information content (AvgIpc) is 3.00. The van der Waals surface area contributed by atoms with Gasteiger partial charge in [0.2, 0.25) is 5.95 Å². The second kappa shape index (κ2) is 8.25. The van der Waals surface area contributed by atoms with Crippen LogP contribution in [0.5, 0.6) is 5.75 Å². The Hall–Kier alpha value is -2.21. The number of rotatable bonds is 4. The second-order valence-corrected chi connectivity index (χ2v) is 6.31. The Kier molecular flexibility index (Phi) is 6.31. The van der Waals surface area contributed by atoms with Crippen LogP contribution < -0.4 is 9.64 Å². The summed E-state index contributed by atoms with van der Waals surface area (Å²) < 4.78 is 7.63. The van der Waals surface area contributed by atoms with Gasteiger partial charge >= 0.3 is 0 Å². The number of carbonyl (C=O) groups excluding carboxylic acids is 1. The molecule has 1 saturated heterocycles. The van der Waals surface area contributed by atoms with Gasteiger partial charge in [-0.1, -0.05) is 0 Å². The largest absolute Gasteiger partial charge is 0.491 e. The monoisotopic (exact) mass is 364 g/mol. The number of nitrogens with zero attached hydrogens (tertiary/aromatic N) is 4. The van der Waals surface area contributed by atoms with Crippen molar-refractivity contribution in [2.45, 2.75) is 20.0 Å². The van der Waals surface area contributed by atoms with Crippen LogP contribution in [0.15, 0.2) is 36.7 Å². The average molecular weight is 365 g/mol. The highest BCUT2D eigenvalue weighted by Crippen LogP contribution is 2.17. The number of anilines is 1. The van der Waals surface area contributed by atoms with Crippen LogP contribution >= 0.6 is 12.4 Å². The number of halogens is 1. The van der Waals surface area contributed by atoms with Crippen molar-refractivity contribution in [1.29, 1.82) is 0 Å². The minimum absolute atomic E-state index is 0. The number of carbonyl (C=O) groups is 1. The number of imidazole rings is 1. The first kappa shape index (κ1) is 19.1. The summed E-state index contributed by atoms with van der Waals surface area (Å²) >= 11 is 0. The standard InChI is InChI=1S/C18H24N4O2.ClH/c1-14(2)24-16-6-4-15(5-7-16)17(23)21-10-12-22(13-11-21)18-19-8-9-20(18)3;/h4-9,14H,10-13H2,1-3H3;1H. The van der Waals surface area contributed by atoms with Crippen LogP contribution in [0.1, 0.15) is 24.2 Å². The molecule has 0 aliphatic carbocycles. The van der Waals surface area contributed by atoms with Crippen molar-refractivity contribution in [3.8, 4) is 5.75 Å². The molecule has 1 fully saturated rings. The molecule has 1 aliphatic heterocycles. The number of amides is 1. The van der Waals surface area contributed by atoms with Gasteiger partial charge in [-0.05, 0) is 38.1 Å². The Bertz CT molecular complexity index is 691. The van der Waals surface area contributed by atoms with Gasteiger partial charge in [0.1, 0.15) is 5.75 Å². The van der Waals surface area contributed by atoms with Crippen LogP contribution in [-0.4, -0.2) is 52.6 Å². The lowest BCUT2D eigenvalue weighted by atomic mass is 10.1. The molecule has 3 rings (SSSR count). The van der Waals surface area contributed by atoms with E-state index in [2.05, 4.69) is 9.88 Å². The Labute approximate surface area is 154 Å². The molecule has 0 N–H and O–H groups in total. The zero-order valence-corrected chi connectivity index (χ0v) is 15.7. The van der Waals surface area contributed by atoms with Crippen molar-refractivity contribution < 1.29 is 9.53 Å². The predicted molar refractivity (Wildman–Crippen MR) is 101 cm³/mol. The fraction of sp³-hybridized carbons (Fsp3) is 0.444. The van der Waals surface area contributed by atoms with Crippen LogP contribution in [0.4, 0.5) is 5.95 Å². The van der Waals surface area contributed by atoms with E-state index in [4.69, 9.17) is 4.74 Å². The number of benzene rings is 1. The van der Waals surface area contributed by atoms with E-state index in [-0.39, 0.29) is 24.4 Å². The number of aromatic nitrogens is 2. The van der Waals surface area contributed by atoms with Gasteiger partial charge in [-0.2, -0.15) is 0 Å². The molecule has 6 nitrogen and oxygen atoms in total. The second-order valence-electron chi connectivity index (χ2n) is 6.31. The normalized spacial score (nSPS) is 14.4. The first-order valence-electron chi connectivity index (χ1n) is 8.33. The number of ether oxygens (including phenoxy) is 1. The summed E-state index contributed by atoms with van der Waals surface area (Å²) in [6, 6.07) is 7.39. The number of piperazine rings is 1. The summed E-state index contributed by atoms with van der Waals surface area (Å²) in [5.41, 5.74) is 0.705. The quantitative estimate of drug-likeness (QED) is 0.836. The molecular weight excluding hydrogens is 340 g/mol. The maximum absolute atomic E-state index is 12.6. The molecule has 1 amide bonds. The third kappa shape index (κ3) is 4.45. The summed E-state index contributed by atoms with van der Waals surface area (Å²) in [6.07, 6.45) is 3.87. The molecule has 0 unspecified atom stereocenters. The molecule has 136 valence electrons. The van der Waals surface area contributed by atoms with Crippen LogP contribution in [-0.2, 0) is 7.05 Å². The van der Waals surface area contributed by atoms with Crippen LogP contribution in [0, 0.1) is 0 Å². The van der Waals surface area contributed by atoms with E-state index in [0.29, 0.717) is 18.7 Å². The fourth-order valence-corrected chi connectivity index (χ4v) is 2.90. The molecule has 2 heterocycles. The van der Waals surface area contributed by atoms with Crippen molar-refractivity contribution in [3.63, 3.8) is 0 Å². The highest BCUT2D eigenvalue weighted by atomic mass is 35.5. The zero-order chi connectivity index (χ0) is 17.1. The third-order valence-corrected chi connectivity index (χ3v) is 4.12. The van der Waals surface area contributed by atoms with Gasteiger partial charge < -0.3 is 19.1 Å². The maximum atomic E-state index is 12.6. The first-order valence-corrected chi connectivity index (χ1v) is 8.33. The predicted octanol–water partition coefficient (Wildman–Crippen LogP) is 2.59. The van der Waals surface area contributed by atoms with Crippen molar-refractivity contribution >= 4 is 24.3 Å². The van der Waals surface area contributed by atoms with Crippen molar-refractivity contribution in [3.05, 3.63) is 42.2 Å². The molecule has 0 radical (unpaired) electrons. The van der Waals surface area contributed by atoms with Gasteiger partial charge in [0, 0.05) is 51.2 Å². The zero-order valence-electron chi connectivity index (χ0n) is 14.9. The molecule has 0 spiro atoms. The molecule has 0 bridgehead atoms. The van der Waals surface area contributed by atoms with E-state index in [0.717, 1.165) is 24.8 Å². The summed E-state index contributed by atoms with van der Waals surface area (Å²) in [4.78, 5) is 21.1. The van der Waals surface area contributed by atoms with E-state index in [1.165, 1.54) is 0 Å². The Balaban J connectivity index is 0.00000225. The summed E-state index contributed by atoms with van der Waals surface area (Å²) in [6.45, 7) is 6.97. The van der Waals surface area contributed by atoms with E-state index in [9.17, 15) is 4.79 Å². The van der Waals surface area contributed by atoms with E-state index >= 15 is 0 Å². The molecule has 7 heteroatoms. The first-order chi connectivity index (χ1) is 11.5. The summed E-state index contributed by atoms with van der Waals surface area (Å²) in [5.74, 6) is 1.82. The maximum Gasteiger partial charge on any atom is 0.253 e. The van der Waals surface area contributed by atoms with Crippen LogP contribution in [0.25, 0.3) is 0 Å². The van der Waals surface area contributed by atoms with Gasteiger partial charge in [-0.15, -0.1) is 12.4 Å². The number of hydrogen-bond donors (Lipinski definition) is 0. The lowest BCUT2D eigenvalue weighted by Gasteiger charge is -2.35. The molecule has 0 saturated carbocycles. The molecule has 1 aliphatic rings. The summed E-state index contributed by atoms with van der Waals surface area (Å²) in [7, 11) is 1.99. The van der Waals surface area contributed by atoms with Gasteiger partial charge in [0.15, 0.2) is 0 Å². The van der Waals surface area contributed by atoms with Crippen molar-refractivity contribution in [2.75, 3.05) is 31.1 Å². The lowest BCUT2D eigenvalue weighted by Crippen LogP contribution is -2.49. The van der Waals surface area contributed by atoms with Crippen molar-refractivity contribution in [1.82, 2.24) is 14.5 Å².